The molecule has 2 aromatic carbocycles. The third kappa shape index (κ3) is 7.19. The minimum Gasteiger partial charge on any atom is -0.383 e. The number of carbonyl (C=O) groups excluding carboxylic acids is 1. The van der Waals surface area contributed by atoms with Gasteiger partial charge in [-0.15, -0.1) is 0 Å². The first-order valence-electron chi connectivity index (χ1n) is 13.0. The van der Waals surface area contributed by atoms with Gasteiger partial charge in [-0.1, -0.05) is 31.2 Å². The number of aromatic nitrogens is 1. The molecule has 0 spiro atoms. The minimum atomic E-state index is -4.35. The van der Waals surface area contributed by atoms with E-state index < -0.39 is 21.6 Å². The number of pyridine rings is 1. The Balaban J connectivity index is 1.36. The van der Waals surface area contributed by atoms with Crippen LogP contribution in [0.3, 0.4) is 0 Å². The summed E-state index contributed by atoms with van der Waals surface area (Å²) in [5, 5.41) is 2.82. The summed E-state index contributed by atoms with van der Waals surface area (Å²) >= 11 is 0. The Bertz CT molecular complexity index is 1390. The predicted octanol–water partition coefficient (Wildman–Crippen LogP) is 4.91. The molecule has 0 bridgehead atoms. The maximum absolute atomic E-state index is 12.9. The lowest BCUT2D eigenvalue weighted by molar-refractivity contribution is -0.137. The molecule has 40 heavy (non-hydrogen) atoms. The van der Waals surface area contributed by atoms with Gasteiger partial charge in [0.2, 0.25) is 0 Å². The van der Waals surface area contributed by atoms with E-state index in [1.54, 1.807) is 38.3 Å². The topological polar surface area (TPSA) is 88.6 Å². The van der Waals surface area contributed by atoms with Crippen molar-refractivity contribution in [2.24, 2.45) is 5.92 Å². The van der Waals surface area contributed by atoms with Crippen molar-refractivity contribution in [2.75, 3.05) is 30.9 Å². The van der Waals surface area contributed by atoms with Gasteiger partial charge in [-0.25, -0.2) is 13.4 Å². The van der Waals surface area contributed by atoms with Crippen molar-refractivity contribution in [1.82, 2.24) is 10.3 Å². The van der Waals surface area contributed by atoms with E-state index in [1.165, 1.54) is 30.5 Å². The van der Waals surface area contributed by atoms with Crippen molar-refractivity contribution >= 4 is 21.6 Å². The Labute approximate surface area is 232 Å². The number of methoxy groups -OCH3 is 1. The second kappa shape index (κ2) is 12.4. The zero-order valence-electron chi connectivity index (χ0n) is 22.3. The van der Waals surface area contributed by atoms with Gasteiger partial charge < -0.3 is 15.0 Å². The lowest BCUT2D eigenvalue weighted by Gasteiger charge is -2.25. The summed E-state index contributed by atoms with van der Waals surface area (Å²) < 4.78 is 68.0. The van der Waals surface area contributed by atoms with Crippen LogP contribution >= 0.6 is 0 Å². The van der Waals surface area contributed by atoms with E-state index in [4.69, 9.17) is 4.74 Å². The number of benzene rings is 2. The SMILES string of the molecule is CCS(=O)(=O)c1ccc(CNC(=O)c2ccc(N3CC(Cc4ccc(C(F)(F)F)cc4)C[C@H]3COC)nc2)cc1. The maximum atomic E-state index is 12.9. The van der Waals surface area contributed by atoms with Crippen LogP contribution in [0.5, 0.6) is 0 Å². The van der Waals surface area contributed by atoms with Crippen molar-refractivity contribution in [2.45, 2.75) is 43.4 Å². The fourth-order valence-electron chi connectivity index (χ4n) is 4.91. The molecule has 1 aromatic heterocycles. The molecule has 11 heteroatoms. The minimum absolute atomic E-state index is 0.0233. The van der Waals surface area contributed by atoms with Gasteiger partial charge in [0, 0.05) is 26.4 Å². The van der Waals surface area contributed by atoms with Crippen molar-refractivity contribution in [3.63, 3.8) is 0 Å². The molecule has 7 nitrogen and oxygen atoms in total. The van der Waals surface area contributed by atoms with E-state index in [0.717, 1.165) is 29.7 Å². The van der Waals surface area contributed by atoms with Gasteiger partial charge in [0.25, 0.3) is 5.91 Å². The summed E-state index contributed by atoms with van der Waals surface area (Å²) in [6.07, 6.45) is -1.40. The second-order valence-electron chi connectivity index (χ2n) is 9.90. The fourth-order valence-corrected chi connectivity index (χ4v) is 5.80. The van der Waals surface area contributed by atoms with Crippen molar-refractivity contribution < 1.29 is 31.1 Å². The molecule has 1 unspecified atom stereocenters. The summed E-state index contributed by atoms with van der Waals surface area (Å²) in [5.74, 6) is 0.621. The Morgan fingerprint density at radius 1 is 1.05 bits per heavy atom. The highest BCUT2D eigenvalue weighted by Crippen LogP contribution is 2.32. The van der Waals surface area contributed by atoms with Gasteiger partial charge in [0.05, 0.1) is 34.4 Å². The average molecular weight is 576 g/mol. The molecule has 0 aliphatic carbocycles. The monoisotopic (exact) mass is 575 g/mol. The molecule has 1 saturated heterocycles. The summed E-state index contributed by atoms with van der Waals surface area (Å²) in [5.41, 5.74) is 1.34. The number of rotatable bonds is 10. The molecule has 2 atom stereocenters. The van der Waals surface area contributed by atoms with Crippen LogP contribution in [0.1, 0.15) is 40.4 Å². The molecule has 1 aliphatic rings. The molecule has 1 N–H and O–H groups in total. The Kier molecular flexibility index (Phi) is 9.15. The predicted molar refractivity (Wildman–Crippen MR) is 146 cm³/mol. The number of anilines is 1. The van der Waals surface area contributed by atoms with Crippen LogP contribution in [0, 0.1) is 5.92 Å². The number of amides is 1. The quantitative estimate of drug-likeness (QED) is 0.370. The number of nitrogens with zero attached hydrogens (tertiary/aromatic N) is 2. The second-order valence-corrected chi connectivity index (χ2v) is 12.2. The summed E-state index contributed by atoms with van der Waals surface area (Å²) in [7, 11) is -1.66. The number of alkyl halides is 3. The summed E-state index contributed by atoms with van der Waals surface area (Å²) in [4.78, 5) is 19.6. The van der Waals surface area contributed by atoms with E-state index in [1.807, 2.05) is 0 Å². The number of sulfone groups is 1. The highest BCUT2D eigenvalue weighted by Gasteiger charge is 2.34. The summed E-state index contributed by atoms with van der Waals surface area (Å²) in [6, 6.07) is 15.2. The fraction of sp³-hybridized carbons (Fsp3) is 0.379. The maximum Gasteiger partial charge on any atom is 0.416 e. The van der Waals surface area contributed by atoms with Gasteiger partial charge in [-0.2, -0.15) is 13.2 Å². The van der Waals surface area contributed by atoms with Crippen LogP contribution in [-0.4, -0.2) is 51.4 Å². The zero-order valence-corrected chi connectivity index (χ0v) is 23.1. The molecule has 2 heterocycles. The molecular weight excluding hydrogens is 543 g/mol. The zero-order chi connectivity index (χ0) is 28.9. The van der Waals surface area contributed by atoms with E-state index in [2.05, 4.69) is 15.2 Å². The van der Waals surface area contributed by atoms with E-state index in [-0.39, 0.29) is 35.1 Å². The van der Waals surface area contributed by atoms with Gasteiger partial charge in [-0.3, -0.25) is 4.79 Å². The van der Waals surface area contributed by atoms with Crippen molar-refractivity contribution in [3.05, 3.63) is 89.1 Å². The normalized spacial score (nSPS) is 17.7. The first-order chi connectivity index (χ1) is 19.0. The highest BCUT2D eigenvalue weighted by molar-refractivity contribution is 7.91. The van der Waals surface area contributed by atoms with Crippen molar-refractivity contribution in [1.29, 1.82) is 0 Å². The van der Waals surface area contributed by atoms with Gasteiger partial charge in [0.15, 0.2) is 9.84 Å². The van der Waals surface area contributed by atoms with E-state index >= 15 is 0 Å². The smallest absolute Gasteiger partial charge is 0.383 e. The number of ether oxygens (including phenoxy) is 1. The van der Waals surface area contributed by atoms with E-state index in [0.29, 0.717) is 31.0 Å². The van der Waals surface area contributed by atoms with E-state index in [9.17, 15) is 26.4 Å². The first-order valence-corrected chi connectivity index (χ1v) is 14.6. The van der Waals surface area contributed by atoms with Crippen LogP contribution < -0.4 is 10.2 Å². The Morgan fingerprint density at radius 3 is 2.30 bits per heavy atom. The highest BCUT2D eigenvalue weighted by atomic mass is 32.2. The molecule has 3 aromatic rings. The molecule has 0 radical (unpaired) electrons. The standard InChI is InChI=1S/C29H32F3N3O4S/c1-3-40(37,38)26-11-6-21(7-12-26)16-34-28(36)23-8-13-27(33-17-23)35-18-22(15-25(35)19-39-2)14-20-4-9-24(10-5-20)29(30,31)32/h4-13,17,22,25H,3,14-16,18-19H2,1-2H3,(H,34,36)/t22?,25-/m0/s1. The molecule has 0 saturated carbocycles. The number of carbonyl (C=O) groups is 1. The summed E-state index contributed by atoms with van der Waals surface area (Å²) in [6.45, 7) is 2.97. The van der Waals surface area contributed by atoms with Crippen LogP contribution in [0.4, 0.5) is 19.0 Å². The molecule has 214 valence electrons. The number of halogens is 3. The lowest BCUT2D eigenvalue weighted by atomic mass is 9.96. The Morgan fingerprint density at radius 2 is 1.73 bits per heavy atom. The largest absolute Gasteiger partial charge is 0.416 e. The van der Waals surface area contributed by atoms with Gasteiger partial charge in [0.1, 0.15) is 5.82 Å². The molecule has 1 amide bonds. The number of nitrogens with one attached hydrogen (secondary N) is 1. The van der Waals surface area contributed by atoms with Crippen LogP contribution in [-0.2, 0) is 33.7 Å². The average Bonchev–Trinajstić information content (AvgIpc) is 3.34. The number of hydrogen-bond acceptors (Lipinski definition) is 6. The molecule has 1 aliphatic heterocycles. The van der Waals surface area contributed by atoms with Gasteiger partial charge >= 0.3 is 6.18 Å². The lowest BCUT2D eigenvalue weighted by Crippen LogP contribution is -2.33. The van der Waals surface area contributed by atoms with Gasteiger partial charge in [-0.05, 0) is 66.3 Å². The third-order valence-corrected chi connectivity index (χ3v) is 8.84. The van der Waals surface area contributed by atoms with Crippen LogP contribution in [0.15, 0.2) is 71.8 Å². The number of hydrogen-bond donors (Lipinski definition) is 1. The molecule has 4 rings (SSSR count). The van der Waals surface area contributed by atoms with Crippen LogP contribution in [0.2, 0.25) is 0 Å². The molecular formula is C29H32F3N3O4S. The first kappa shape index (κ1) is 29.5. The molecule has 1 fully saturated rings. The van der Waals surface area contributed by atoms with Crippen LogP contribution in [0.25, 0.3) is 0 Å². The Hall–Kier alpha value is -3.44. The third-order valence-electron chi connectivity index (χ3n) is 7.09. The van der Waals surface area contributed by atoms with Crippen molar-refractivity contribution in [3.8, 4) is 0 Å².